The molecule has 5 nitrogen and oxygen atoms in total. The van der Waals surface area contributed by atoms with Crippen LogP contribution in [0.4, 0.5) is 23.1 Å². The molecule has 1 saturated heterocycles. The van der Waals surface area contributed by atoms with Gasteiger partial charge in [-0.05, 0) is 63.8 Å². The van der Waals surface area contributed by atoms with Crippen molar-refractivity contribution < 1.29 is 0 Å². The molecule has 3 rings (SSSR count). The molecule has 1 aliphatic rings. The molecular formula is C20H29N5. The van der Waals surface area contributed by atoms with Crippen LogP contribution in [0.5, 0.6) is 0 Å². The first-order valence-corrected chi connectivity index (χ1v) is 9.38. The number of nitrogens with one attached hydrogen (secondary N) is 2. The molecule has 0 aliphatic carbocycles. The Kier molecular flexibility index (Phi) is 5.74. The maximum Gasteiger partial charge on any atom is 0.225 e. The quantitative estimate of drug-likeness (QED) is 0.797. The topological polar surface area (TPSA) is 53.1 Å². The van der Waals surface area contributed by atoms with Gasteiger partial charge in [0.15, 0.2) is 0 Å². The average molecular weight is 339 g/mol. The molecule has 134 valence electrons. The summed E-state index contributed by atoms with van der Waals surface area (Å²) < 4.78 is 0. The lowest BCUT2D eigenvalue weighted by Crippen LogP contribution is -2.29. The molecule has 1 fully saturated rings. The molecule has 0 saturated carbocycles. The van der Waals surface area contributed by atoms with Crippen LogP contribution >= 0.6 is 0 Å². The first-order valence-electron chi connectivity index (χ1n) is 9.38. The minimum absolute atomic E-state index is 0.360. The number of nitrogens with zero attached hydrogens (tertiary/aromatic N) is 3. The van der Waals surface area contributed by atoms with Crippen LogP contribution in [-0.2, 0) is 0 Å². The number of rotatable bonds is 6. The predicted molar refractivity (Wildman–Crippen MR) is 106 cm³/mol. The number of benzene rings is 1. The monoisotopic (exact) mass is 339 g/mol. The van der Waals surface area contributed by atoms with Gasteiger partial charge in [-0.25, -0.2) is 4.98 Å². The zero-order chi connectivity index (χ0) is 17.6. The van der Waals surface area contributed by atoms with E-state index in [0.717, 1.165) is 23.6 Å². The highest BCUT2D eigenvalue weighted by Gasteiger charge is 2.11. The molecule has 0 amide bonds. The number of aryl methyl sites for hydroxylation is 1. The van der Waals surface area contributed by atoms with E-state index < -0.39 is 0 Å². The Balaban J connectivity index is 1.69. The number of aromatic nitrogens is 2. The van der Waals surface area contributed by atoms with Crippen molar-refractivity contribution in [3.8, 4) is 0 Å². The Hall–Kier alpha value is -2.30. The van der Waals surface area contributed by atoms with E-state index in [1.807, 2.05) is 13.0 Å². The van der Waals surface area contributed by atoms with Crippen LogP contribution in [0, 0.1) is 6.92 Å². The summed E-state index contributed by atoms with van der Waals surface area (Å²) in [5.41, 5.74) is 3.31. The number of anilines is 4. The van der Waals surface area contributed by atoms with Crippen LogP contribution in [0.3, 0.4) is 0 Å². The SMILES string of the molecule is CCC(C)Nc1nc(C)cc(Nc2ccc(N3CCCCC3)cc2)n1. The maximum absolute atomic E-state index is 4.59. The number of hydrogen-bond acceptors (Lipinski definition) is 5. The van der Waals surface area contributed by atoms with Crippen molar-refractivity contribution in [2.45, 2.75) is 52.5 Å². The highest BCUT2D eigenvalue weighted by Crippen LogP contribution is 2.23. The molecule has 1 unspecified atom stereocenters. The minimum Gasteiger partial charge on any atom is -0.372 e. The van der Waals surface area contributed by atoms with Crippen LogP contribution in [0.2, 0.25) is 0 Å². The lowest BCUT2D eigenvalue weighted by atomic mass is 10.1. The van der Waals surface area contributed by atoms with Gasteiger partial charge in [0, 0.05) is 42.3 Å². The summed E-state index contributed by atoms with van der Waals surface area (Å²) >= 11 is 0. The van der Waals surface area contributed by atoms with Crippen LogP contribution in [0.1, 0.15) is 45.2 Å². The smallest absolute Gasteiger partial charge is 0.225 e. The molecule has 0 bridgehead atoms. The molecule has 0 radical (unpaired) electrons. The van der Waals surface area contributed by atoms with Gasteiger partial charge in [0.2, 0.25) is 5.95 Å². The Labute approximate surface area is 150 Å². The highest BCUT2D eigenvalue weighted by molar-refractivity contribution is 5.61. The maximum atomic E-state index is 4.59. The van der Waals surface area contributed by atoms with E-state index in [2.05, 4.69) is 63.6 Å². The van der Waals surface area contributed by atoms with Gasteiger partial charge in [0.05, 0.1) is 0 Å². The van der Waals surface area contributed by atoms with Crippen LogP contribution in [0.15, 0.2) is 30.3 Å². The largest absolute Gasteiger partial charge is 0.372 e. The van der Waals surface area contributed by atoms with Crippen molar-refractivity contribution in [1.82, 2.24) is 9.97 Å². The Bertz CT molecular complexity index is 677. The van der Waals surface area contributed by atoms with Gasteiger partial charge in [-0.2, -0.15) is 4.98 Å². The molecular weight excluding hydrogens is 310 g/mol. The molecule has 2 N–H and O–H groups in total. The molecule has 25 heavy (non-hydrogen) atoms. The van der Waals surface area contributed by atoms with Crippen LogP contribution < -0.4 is 15.5 Å². The fourth-order valence-corrected chi connectivity index (χ4v) is 3.08. The summed E-state index contributed by atoms with van der Waals surface area (Å²) in [5.74, 6) is 1.51. The average Bonchev–Trinajstić information content (AvgIpc) is 2.62. The van der Waals surface area contributed by atoms with E-state index in [1.54, 1.807) is 0 Å². The molecule has 1 aliphatic heterocycles. The lowest BCUT2D eigenvalue weighted by Gasteiger charge is -2.28. The molecule has 1 aromatic carbocycles. The molecule has 2 aromatic rings. The van der Waals surface area contributed by atoms with Crippen molar-refractivity contribution in [3.63, 3.8) is 0 Å². The van der Waals surface area contributed by atoms with Crippen LogP contribution in [0.25, 0.3) is 0 Å². The minimum atomic E-state index is 0.360. The van der Waals surface area contributed by atoms with Crippen LogP contribution in [-0.4, -0.2) is 29.1 Å². The van der Waals surface area contributed by atoms with Gasteiger partial charge in [0.1, 0.15) is 5.82 Å². The number of piperidine rings is 1. The molecule has 5 heteroatoms. The second kappa shape index (κ2) is 8.19. The summed E-state index contributed by atoms with van der Waals surface area (Å²) in [6, 6.07) is 11.0. The first-order chi connectivity index (χ1) is 12.1. The molecule has 0 spiro atoms. The fraction of sp³-hybridized carbons (Fsp3) is 0.500. The predicted octanol–water partition coefficient (Wildman–Crippen LogP) is 4.73. The van der Waals surface area contributed by atoms with Crippen molar-refractivity contribution >= 4 is 23.1 Å². The normalized spacial score (nSPS) is 15.7. The highest BCUT2D eigenvalue weighted by atomic mass is 15.2. The van der Waals surface area contributed by atoms with Crippen molar-refractivity contribution in [3.05, 3.63) is 36.0 Å². The third kappa shape index (κ3) is 4.84. The first kappa shape index (κ1) is 17.5. The number of hydrogen-bond donors (Lipinski definition) is 2. The third-order valence-electron chi connectivity index (χ3n) is 4.70. The summed E-state index contributed by atoms with van der Waals surface area (Å²) in [7, 11) is 0. The second-order valence-electron chi connectivity index (χ2n) is 6.89. The van der Waals surface area contributed by atoms with Gasteiger partial charge in [-0.15, -0.1) is 0 Å². The van der Waals surface area contributed by atoms with Gasteiger partial charge in [-0.3, -0.25) is 0 Å². The second-order valence-corrected chi connectivity index (χ2v) is 6.89. The lowest BCUT2D eigenvalue weighted by molar-refractivity contribution is 0.578. The Morgan fingerprint density at radius 2 is 1.80 bits per heavy atom. The summed E-state index contributed by atoms with van der Waals surface area (Å²) in [6.07, 6.45) is 4.99. The molecule has 2 heterocycles. The van der Waals surface area contributed by atoms with Crippen molar-refractivity contribution in [2.24, 2.45) is 0 Å². The van der Waals surface area contributed by atoms with Crippen molar-refractivity contribution in [1.29, 1.82) is 0 Å². The summed E-state index contributed by atoms with van der Waals surface area (Å²) in [4.78, 5) is 11.5. The molecule has 1 atom stereocenters. The van der Waals surface area contributed by atoms with E-state index >= 15 is 0 Å². The fourth-order valence-electron chi connectivity index (χ4n) is 3.08. The standard InChI is InChI=1S/C20H29N5/c1-4-15(2)21-20-22-16(3)14-19(24-20)23-17-8-10-18(11-9-17)25-12-6-5-7-13-25/h8-11,14-15H,4-7,12-13H2,1-3H3,(H2,21,22,23,24). The van der Waals surface area contributed by atoms with Gasteiger partial charge < -0.3 is 15.5 Å². The van der Waals surface area contributed by atoms with Crippen molar-refractivity contribution in [2.75, 3.05) is 28.6 Å². The zero-order valence-electron chi connectivity index (χ0n) is 15.5. The molecule has 1 aromatic heterocycles. The van der Waals surface area contributed by atoms with Gasteiger partial charge in [0.25, 0.3) is 0 Å². The van der Waals surface area contributed by atoms with Gasteiger partial charge >= 0.3 is 0 Å². The van der Waals surface area contributed by atoms with E-state index in [1.165, 1.54) is 38.0 Å². The van der Waals surface area contributed by atoms with Gasteiger partial charge in [-0.1, -0.05) is 6.92 Å². The van der Waals surface area contributed by atoms with E-state index in [9.17, 15) is 0 Å². The zero-order valence-corrected chi connectivity index (χ0v) is 15.5. The Morgan fingerprint density at radius 3 is 2.48 bits per heavy atom. The Morgan fingerprint density at radius 1 is 1.08 bits per heavy atom. The van der Waals surface area contributed by atoms with E-state index in [4.69, 9.17) is 0 Å². The third-order valence-corrected chi connectivity index (χ3v) is 4.70. The summed E-state index contributed by atoms with van der Waals surface area (Å²) in [5, 5.41) is 6.74. The van der Waals surface area contributed by atoms with E-state index in [-0.39, 0.29) is 0 Å². The van der Waals surface area contributed by atoms with E-state index in [0.29, 0.717) is 12.0 Å². The summed E-state index contributed by atoms with van der Waals surface area (Å²) in [6.45, 7) is 8.62.